The number of nitriles is 2. The summed E-state index contributed by atoms with van der Waals surface area (Å²) in [4.78, 5) is 53.2. The third kappa shape index (κ3) is 14.0. The summed E-state index contributed by atoms with van der Waals surface area (Å²) in [6.07, 6.45) is -1.56. The molecule has 0 spiro atoms. The smallest absolute Gasteiger partial charge is 0.309 e. The van der Waals surface area contributed by atoms with Crippen LogP contribution in [0.25, 0.3) is 9.69 Å². The van der Waals surface area contributed by atoms with Crippen LogP contribution in [0.2, 0.25) is 10.0 Å². The van der Waals surface area contributed by atoms with Gasteiger partial charge in [-0.1, -0.05) is 47.5 Å². The average Bonchev–Trinajstić information content (AvgIpc) is 3.23. The number of carboxylic acids is 1. The number of rotatable bonds is 10. The van der Waals surface area contributed by atoms with E-state index in [1.165, 1.54) is 38.1 Å². The standard InChI is InChI=1S/C21H19ClN4O3.C13H14ClNO3.C8H7N3O/c1-12-16(8-9-18(24-3)19(12)22)10-17(13(2)27)21(29)26-25-20(28)15-6-4-14(11-23)5-7-15;1-7-9(4-5-11(15-3)12(7)14)6-10(8(2)16)13(17)18;9-5-6-1-3-7(4-2-6)8(12)11-10/h4-9,13,17,27H,10H2,1-2H3,(H,25,28)(H,26,29);4-5,8,10,16H,6H2,1-2H3,(H,17,18);1-4H,10H2,(H,11,12)/t13-,17+;8-,10+;/m00./s1. The summed E-state index contributed by atoms with van der Waals surface area (Å²) in [5.41, 5.74) is 11.8. The number of nitrogens with two attached hydrogens (primary N) is 1. The van der Waals surface area contributed by atoms with Crippen molar-refractivity contribution in [3.8, 4) is 12.1 Å². The van der Waals surface area contributed by atoms with Crippen molar-refractivity contribution in [3.05, 3.63) is 150 Å². The number of nitrogens with zero attached hydrogens (tertiary/aromatic N) is 4. The number of hydrazine groups is 2. The van der Waals surface area contributed by atoms with Gasteiger partial charge in [0.25, 0.3) is 11.8 Å². The summed E-state index contributed by atoms with van der Waals surface area (Å²) in [6, 6.07) is 22.6. The van der Waals surface area contributed by atoms with Crippen molar-refractivity contribution in [2.45, 2.75) is 52.7 Å². The van der Waals surface area contributed by atoms with E-state index in [1.807, 2.05) is 17.6 Å². The number of aliphatic carboxylic acids is 1. The van der Waals surface area contributed by atoms with Gasteiger partial charge in [0.1, 0.15) is 0 Å². The highest BCUT2D eigenvalue weighted by Crippen LogP contribution is 2.33. The fourth-order valence-electron chi connectivity index (χ4n) is 5.22. The van der Waals surface area contributed by atoms with Crippen molar-refractivity contribution in [1.82, 2.24) is 16.3 Å². The highest BCUT2D eigenvalue weighted by atomic mass is 35.5. The second-order valence-corrected chi connectivity index (χ2v) is 13.6. The molecule has 3 amide bonds. The first kappa shape index (κ1) is 48.3. The molecule has 4 aromatic carbocycles. The lowest BCUT2D eigenvalue weighted by Gasteiger charge is -2.21. The molecule has 0 aliphatic rings. The Kier molecular flexibility index (Phi) is 19.2. The number of aliphatic hydroxyl groups is 2. The van der Waals surface area contributed by atoms with Gasteiger partial charge in [-0.2, -0.15) is 10.5 Å². The summed E-state index contributed by atoms with van der Waals surface area (Å²) < 4.78 is 0. The van der Waals surface area contributed by atoms with E-state index in [4.69, 9.17) is 57.8 Å². The molecule has 4 atom stereocenters. The zero-order valence-corrected chi connectivity index (χ0v) is 33.8. The molecular weight excluding hydrogens is 799 g/mol. The van der Waals surface area contributed by atoms with E-state index < -0.39 is 41.8 Å². The topological polar surface area (TPSA) is 247 Å². The molecule has 0 bridgehead atoms. The van der Waals surface area contributed by atoms with Gasteiger partial charge in [-0.25, -0.2) is 15.5 Å². The lowest BCUT2D eigenvalue weighted by atomic mass is 9.91. The number of hydrogen-bond acceptors (Lipinski definition) is 9. The third-order valence-corrected chi connectivity index (χ3v) is 9.83. The molecule has 0 fully saturated rings. The van der Waals surface area contributed by atoms with Gasteiger partial charge in [0.15, 0.2) is 0 Å². The van der Waals surface area contributed by atoms with Gasteiger partial charge in [-0.3, -0.25) is 35.5 Å². The number of nitrogen functional groups attached to an aromatic ring is 1. The highest BCUT2D eigenvalue weighted by Gasteiger charge is 2.27. The maximum Gasteiger partial charge on any atom is 0.309 e. The number of carbonyl (C=O) groups is 4. The fourth-order valence-corrected chi connectivity index (χ4v) is 5.67. The summed E-state index contributed by atoms with van der Waals surface area (Å²) in [6.45, 7) is 20.5. The largest absolute Gasteiger partial charge is 0.481 e. The molecule has 0 saturated carbocycles. The maximum absolute atomic E-state index is 12.5. The van der Waals surface area contributed by atoms with E-state index in [9.17, 15) is 29.4 Å². The van der Waals surface area contributed by atoms with E-state index in [-0.39, 0.29) is 24.3 Å². The van der Waals surface area contributed by atoms with E-state index >= 15 is 0 Å². The molecule has 0 radical (unpaired) electrons. The van der Waals surface area contributed by atoms with Crippen LogP contribution in [0.4, 0.5) is 11.4 Å². The quantitative estimate of drug-likeness (QED) is 0.0421. The molecule has 59 heavy (non-hydrogen) atoms. The van der Waals surface area contributed by atoms with Crippen LogP contribution in [-0.2, 0) is 22.4 Å². The van der Waals surface area contributed by atoms with Gasteiger partial charge < -0.3 is 15.3 Å². The van der Waals surface area contributed by atoms with E-state index in [0.29, 0.717) is 49.2 Å². The van der Waals surface area contributed by atoms with Gasteiger partial charge in [-0.05, 0) is 111 Å². The molecule has 0 aliphatic heterocycles. The van der Waals surface area contributed by atoms with Crippen molar-refractivity contribution in [3.63, 3.8) is 0 Å². The van der Waals surface area contributed by atoms with Gasteiger partial charge in [0.05, 0.1) is 70.5 Å². The minimum atomic E-state index is -1.05. The first-order valence-corrected chi connectivity index (χ1v) is 18.2. The number of hydrogen-bond donors (Lipinski definition) is 7. The zero-order chi connectivity index (χ0) is 44.4. The fraction of sp³-hybridized carbons (Fsp3) is 0.238. The number of amides is 3. The average molecular weight is 840 g/mol. The predicted octanol–water partition coefficient (Wildman–Crippen LogP) is 6.06. The Morgan fingerprint density at radius 2 is 1.08 bits per heavy atom. The molecule has 17 heteroatoms. The molecule has 0 saturated heterocycles. The monoisotopic (exact) mass is 838 g/mol. The number of carbonyl (C=O) groups excluding carboxylic acids is 3. The lowest BCUT2D eigenvalue weighted by Crippen LogP contribution is -2.47. The lowest BCUT2D eigenvalue weighted by molar-refractivity contribution is -0.145. The molecule has 0 aromatic heterocycles. The highest BCUT2D eigenvalue weighted by molar-refractivity contribution is 6.34. The summed E-state index contributed by atoms with van der Waals surface area (Å²) in [7, 11) is 0. The number of carboxylic acid groups (broad SMARTS) is 1. The van der Waals surface area contributed by atoms with E-state index in [2.05, 4.69) is 20.5 Å². The molecule has 0 heterocycles. The Hall–Kier alpha value is -6.82. The number of aliphatic hydroxyl groups excluding tert-OH is 2. The molecule has 4 rings (SSSR count). The second-order valence-electron chi connectivity index (χ2n) is 12.8. The van der Waals surface area contributed by atoms with Crippen LogP contribution in [0.5, 0.6) is 0 Å². The normalized spacial score (nSPS) is 11.9. The minimum absolute atomic E-state index is 0.181. The SMILES string of the molecule is N#Cc1ccc(C(=O)NN)cc1.[C-]#[N+]c1ccc(C[C@@H](C(=O)NNC(=O)c2ccc(C#N)cc2)[C@H](C)O)c(C)c1Cl.[C-]#[N+]c1ccc(C[C@@H](C(=O)O)[C@H](C)O)c(C)c1Cl. The van der Waals surface area contributed by atoms with Gasteiger partial charge in [0.2, 0.25) is 17.3 Å². The van der Waals surface area contributed by atoms with E-state index in [1.54, 1.807) is 62.4 Å². The van der Waals surface area contributed by atoms with Crippen LogP contribution in [0.3, 0.4) is 0 Å². The van der Waals surface area contributed by atoms with Gasteiger partial charge >= 0.3 is 5.97 Å². The van der Waals surface area contributed by atoms with Crippen LogP contribution in [0.15, 0.2) is 72.8 Å². The number of halogens is 2. The molecule has 4 aromatic rings. The third-order valence-electron chi connectivity index (χ3n) is 8.88. The first-order valence-electron chi connectivity index (χ1n) is 17.5. The molecule has 0 unspecified atom stereocenters. The van der Waals surface area contributed by atoms with E-state index in [0.717, 1.165) is 11.1 Å². The van der Waals surface area contributed by atoms with Crippen molar-refractivity contribution in [1.29, 1.82) is 10.5 Å². The van der Waals surface area contributed by atoms with Crippen LogP contribution in [-0.4, -0.2) is 51.2 Å². The maximum atomic E-state index is 12.5. The summed E-state index contributed by atoms with van der Waals surface area (Å²) in [5, 5.41) is 46.4. The predicted molar refractivity (Wildman–Crippen MR) is 220 cm³/mol. The van der Waals surface area contributed by atoms with Crippen LogP contribution in [0, 0.1) is 61.5 Å². The number of nitrogens with one attached hydrogen (secondary N) is 3. The molecule has 8 N–H and O–H groups in total. The second kappa shape index (κ2) is 23.4. The Bertz CT molecular complexity index is 2320. The van der Waals surface area contributed by atoms with Crippen molar-refractivity contribution in [2.24, 2.45) is 17.7 Å². The molecule has 0 aliphatic carbocycles. The van der Waals surface area contributed by atoms with Crippen molar-refractivity contribution >= 4 is 58.3 Å². The number of benzene rings is 4. The summed E-state index contributed by atoms with van der Waals surface area (Å²) >= 11 is 12.2. The Labute approximate surface area is 351 Å². The van der Waals surface area contributed by atoms with Crippen LogP contribution in [0.1, 0.15) is 67.9 Å². The Morgan fingerprint density at radius 1 is 0.695 bits per heavy atom. The van der Waals surface area contributed by atoms with Crippen LogP contribution >= 0.6 is 23.2 Å². The van der Waals surface area contributed by atoms with Crippen molar-refractivity contribution < 1.29 is 34.5 Å². The zero-order valence-electron chi connectivity index (χ0n) is 32.2. The van der Waals surface area contributed by atoms with Gasteiger partial charge in [0, 0.05) is 11.1 Å². The van der Waals surface area contributed by atoms with Crippen LogP contribution < -0.4 is 22.1 Å². The molecule has 15 nitrogen and oxygen atoms in total. The van der Waals surface area contributed by atoms with Gasteiger partial charge in [-0.15, -0.1) is 0 Å². The minimum Gasteiger partial charge on any atom is -0.481 e. The first-order chi connectivity index (χ1) is 27.9. The Morgan fingerprint density at radius 3 is 1.42 bits per heavy atom. The Balaban J connectivity index is 0.000000339. The summed E-state index contributed by atoms with van der Waals surface area (Å²) in [5.74, 6) is 0.671. The molecular formula is C42H40Cl2N8O7. The van der Waals surface area contributed by atoms with Crippen molar-refractivity contribution in [2.75, 3.05) is 0 Å². The molecule has 304 valence electrons.